The van der Waals surface area contributed by atoms with Gasteiger partial charge in [0.2, 0.25) is 17.4 Å². The Kier molecular flexibility index (Phi) is 12.1. The fraction of sp³-hybridized carbons (Fsp3) is 0.700. The predicted molar refractivity (Wildman–Crippen MR) is 117 cm³/mol. The molecule has 1 unspecified atom stereocenters. The number of ketones is 1. The fourth-order valence-electron chi connectivity index (χ4n) is 3.93. The monoisotopic (exact) mass is 536 g/mol. The summed E-state index contributed by atoms with van der Waals surface area (Å²) in [5.41, 5.74) is 2.62. The van der Waals surface area contributed by atoms with Crippen molar-refractivity contribution in [2.45, 2.75) is 68.2 Å². The lowest BCUT2D eigenvalue weighted by Crippen LogP contribution is -2.68. The molecule has 210 valence electrons. The number of ether oxygens (including phenoxy) is 1. The Hall–Kier alpha value is -3.06. The van der Waals surface area contributed by atoms with Crippen LogP contribution in [0.15, 0.2) is 0 Å². The summed E-state index contributed by atoms with van der Waals surface area (Å²) in [6.07, 6.45) is -8.87. The first-order valence-corrected chi connectivity index (χ1v) is 11.0. The van der Waals surface area contributed by atoms with Crippen LogP contribution in [0.1, 0.15) is 26.2 Å². The van der Waals surface area contributed by atoms with Crippen LogP contribution in [-0.2, 0) is 33.5 Å². The molecule has 17 heteroatoms. The van der Waals surface area contributed by atoms with Crippen molar-refractivity contribution in [2.24, 2.45) is 5.73 Å². The van der Waals surface area contributed by atoms with Crippen molar-refractivity contribution in [1.82, 2.24) is 15.7 Å². The molecule has 37 heavy (non-hydrogen) atoms. The van der Waals surface area contributed by atoms with Crippen molar-refractivity contribution in [1.29, 1.82) is 0 Å². The molecule has 1 aliphatic rings. The second kappa shape index (κ2) is 14.0. The molecule has 1 heterocycles. The summed E-state index contributed by atoms with van der Waals surface area (Å²) < 4.78 is 5.66. The Labute approximate surface area is 210 Å². The van der Waals surface area contributed by atoms with Crippen LogP contribution in [0.5, 0.6) is 0 Å². The van der Waals surface area contributed by atoms with Gasteiger partial charge in [0.25, 0.3) is 5.91 Å². The van der Waals surface area contributed by atoms with Gasteiger partial charge < -0.3 is 56.6 Å². The number of nitrogens with one attached hydrogen (secondary N) is 2. The molecule has 0 radical (unpaired) electrons. The molecule has 0 aliphatic carbocycles. The van der Waals surface area contributed by atoms with Crippen molar-refractivity contribution in [3.8, 4) is 0 Å². The zero-order valence-electron chi connectivity index (χ0n) is 19.8. The standard InChI is InChI=1S/C20H32N4O13/c1-9(28)20(19(35)23-10(18(21)34)2-3-15(31)32)13(4-5-24(20)36)37-17(16(33)12(29)7-26)11(6-25)22-14(30)8-27/h6,10-13,16-17,26-27,29,33,36H,2-5,7-8H2,1H3,(H2,21,34)(H,22,30)(H,23,35)(H,31,32)/t10-,11+,12-,13?,16-,17-,20+/m1/s1. The summed E-state index contributed by atoms with van der Waals surface area (Å²) in [5, 5.41) is 62.4. The second-order valence-corrected chi connectivity index (χ2v) is 8.31. The lowest BCUT2D eigenvalue weighted by molar-refractivity contribution is -0.203. The quantitative estimate of drug-likeness (QED) is 0.0656. The highest BCUT2D eigenvalue weighted by atomic mass is 16.5. The third kappa shape index (κ3) is 7.48. The summed E-state index contributed by atoms with van der Waals surface area (Å²) in [6.45, 7) is -1.60. The lowest BCUT2D eigenvalue weighted by atomic mass is 9.87. The van der Waals surface area contributed by atoms with Gasteiger partial charge in [-0.2, -0.15) is 5.06 Å². The Morgan fingerprint density at radius 2 is 1.81 bits per heavy atom. The van der Waals surface area contributed by atoms with E-state index in [9.17, 15) is 49.3 Å². The van der Waals surface area contributed by atoms with Gasteiger partial charge in [0.1, 0.15) is 43.3 Å². The largest absolute Gasteiger partial charge is 0.481 e. The van der Waals surface area contributed by atoms with Crippen LogP contribution >= 0.6 is 0 Å². The molecular weight excluding hydrogens is 504 g/mol. The third-order valence-corrected chi connectivity index (χ3v) is 5.87. The zero-order valence-corrected chi connectivity index (χ0v) is 19.8. The van der Waals surface area contributed by atoms with E-state index in [1.807, 2.05) is 5.32 Å². The van der Waals surface area contributed by atoms with E-state index in [0.29, 0.717) is 5.06 Å². The first-order chi connectivity index (χ1) is 17.3. The number of rotatable bonds is 16. The molecule has 3 amide bonds. The predicted octanol–water partition coefficient (Wildman–Crippen LogP) is -5.61. The number of carboxylic acid groups (broad SMARTS) is 1. The SMILES string of the molecule is CC(=O)[C@@]1(C(=O)N[C@H](CCC(=O)O)C(N)=O)C(O[C@@H]([C@H](O)[C@H](O)CO)[C@H](C=O)NC(=O)CO)CCN1O. The number of hydroxylamine groups is 2. The number of amides is 3. The van der Waals surface area contributed by atoms with Crippen molar-refractivity contribution < 1.29 is 64.2 Å². The van der Waals surface area contributed by atoms with E-state index in [-0.39, 0.29) is 19.3 Å². The topological polar surface area (TPSA) is 286 Å². The average molecular weight is 536 g/mol. The number of carbonyl (C=O) groups excluding carboxylic acids is 5. The van der Waals surface area contributed by atoms with E-state index in [4.69, 9.17) is 20.7 Å². The van der Waals surface area contributed by atoms with E-state index in [2.05, 4.69) is 5.32 Å². The number of hydrogen-bond acceptors (Lipinski definition) is 13. The zero-order chi connectivity index (χ0) is 28.5. The highest BCUT2D eigenvalue weighted by Crippen LogP contribution is 2.34. The smallest absolute Gasteiger partial charge is 0.303 e. The molecule has 17 nitrogen and oxygen atoms in total. The number of nitrogens with two attached hydrogens (primary N) is 1. The van der Waals surface area contributed by atoms with Gasteiger partial charge in [-0.05, 0) is 19.8 Å². The van der Waals surface area contributed by atoms with Gasteiger partial charge in [0, 0.05) is 13.0 Å². The van der Waals surface area contributed by atoms with Crippen molar-refractivity contribution in [3.05, 3.63) is 0 Å². The molecule has 0 spiro atoms. The Balaban J connectivity index is 3.45. The molecule has 0 bridgehead atoms. The minimum Gasteiger partial charge on any atom is -0.481 e. The van der Waals surface area contributed by atoms with Gasteiger partial charge in [-0.25, -0.2) is 0 Å². The summed E-state index contributed by atoms with van der Waals surface area (Å²) >= 11 is 0. The first kappa shape index (κ1) is 32.0. The fourth-order valence-corrected chi connectivity index (χ4v) is 3.93. The van der Waals surface area contributed by atoms with Gasteiger partial charge in [0.15, 0.2) is 5.78 Å². The molecule has 1 saturated heterocycles. The van der Waals surface area contributed by atoms with E-state index in [1.54, 1.807) is 0 Å². The summed E-state index contributed by atoms with van der Waals surface area (Å²) in [7, 11) is 0. The van der Waals surface area contributed by atoms with Crippen LogP contribution in [0.4, 0.5) is 0 Å². The second-order valence-electron chi connectivity index (χ2n) is 8.31. The van der Waals surface area contributed by atoms with Crippen LogP contribution in [0.3, 0.4) is 0 Å². The highest BCUT2D eigenvalue weighted by Gasteiger charge is 2.61. The lowest BCUT2D eigenvalue weighted by Gasteiger charge is -2.39. The van der Waals surface area contributed by atoms with Crippen molar-refractivity contribution in [3.63, 3.8) is 0 Å². The van der Waals surface area contributed by atoms with Crippen LogP contribution in [0.25, 0.3) is 0 Å². The molecule has 0 aromatic rings. The van der Waals surface area contributed by atoms with E-state index < -0.39 is 97.6 Å². The molecule has 0 aromatic heterocycles. The van der Waals surface area contributed by atoms with Crippen LogP contribution in [0.2, 0.25) is 0 Å². The number of nitrogens with zero attached hydrogens (tertiary/aromatic N) is 1. The van der Waals surface area contributed by atoms with Crippen LogP contribution < -0.4 is 16.4 Å². The van der Waals surface area contributed by atoms with Crippen molar-refractivity contribution >= 4 is 35.8 Å². The maximum Gasteiger partial charge on any atom is 0.303 e. The van der Waals surface area contributed by atoms with E-state index >= 15 is 0 Å². The summed E-state index contributed by atoms with van der Waals surface area (Å²) in [6, 6.07) is -3.34. The number of hydrogen-bond donors (Lipinski definition) is 9. The minimum absolute atomic E-state index is 0.0712. The number of aliphatic carboxylic acids is 1. The van der Waals surface area contributed by atoms with Crippen LogP contribution in [-0.4, -0.2) is 133 Å². The molecule has 1 rings (SSSR count). The van der Waals surface area contributed by atoms with E-state index in [1.165, 1.54) is 0 Å². The Bertz CT molecular complexity index is 871. The Morgan fingerprint density at radius 1 is 1.19 bits per heavy atom. The van der Waals surface area contributed by atoms with Crippen molar-refractivity contribution in [2.75, 3.05) is 19.8 Å². The van der Waals surface area contributed by atoms with Gasteiger partial charge in [-0.3, -0.25) is 24.0 Å². The summed E-state index contributed by atoms with van der Waals surface area (Å²) in [4.78, 5) is 72.1. The average Bonchev–Trinajstić information content (AvgIpc) is 3.18. The number of carboxylic acids is 1. The summed E-state index contributed by atoms with van der Waals surface area (Å²) in [5.74, 6) is -5.89. The number of aliphatic hydroxyl groups is 4. The molecular formula is C20H32N4O13. The normalized spacial score (nSPS) is 23.8. The van der Waals surface area contributed by atoms with Gasteiger partial charge in [-0.15, -0.1) is 0 Å². The maximum absolute atomic E-state index is 13.3. The van der Waals surface area contributed by atoms with Gasteiger partial charge in [0.05, 0.1) is 12.7 Å². The number of Topliss-reactive ketones (excluding diaryl/α,β-unsaturated/α-hetero) is 1. The number of primary amides is 1. The molecule has 10 N–H and O–H groups in total. The number of aldehydes is 1. The van der Waals surface area contributed by atoms with E-state index in [0.717, 1.165) is 6.92 Å². The van der Waals surface area contributed by atoms with Gasteiger partial charge in [-0.1, -0.05) is 0 Å². The number of carbonyl (C=O) groups is 6. The molecule has 1 fully saturated rings. The highest BCUT2D eigenvalue weighted by molar-refractivity contribution is 6.11. The van der Waals surface area contributed by atoms with Gasteiger partial charge >= 0.3 is 5.97 Å². The molecule has 0 aromatic carbocycles. The number of aliphatic hydroxyl groups excluding tert-OH is 4. The minimum atomic E-state index is -2.60. The molecule has 0 saturated carbocycles. The maximum atomic E-state index is 13.3. The first-order valence-electron chi connectivity index (χ1n) is 11.0. The molecule has 1 aliphatic heterocycles. The van der Waals surface area contributed by atoms with Crippen LogP contribution in [0, 0.1) is 0 Å². The Morgan fingerprint density at radius 3 is 2.27 bits per heavy atom. The third-order valence-electron chi connectivity index (χ3n) is 5.87. The molecule has 7 atom stereocenters.